The molecular weight excluding hydrogens is 1030 g/mol. The minimum atomic E-state index is -1.41. The summed E-state index contributed by atoms with van der Waals surface area (Å²) in [5.74, 6) is -3.89. The van der Waals surface area contributed by atoms with E-state index < -0.39 is 47.6 Å². The lowest BCUT2D eigenvalue weighted by atomic mass is 10.0. The third-order valence-electron chi connectivity index (χ3n) is 14.6. The number of carboxylic acid groups (broad SMARTS) is 2. The molecule has 11 nitrogen and oxygen atoms in total. The molecule has 0 bridgehead atoms. The van der Waals surface area contributed by atoms with Crippen LogP contribution < -0.4 is 21.3 Å². The molecule has 78 heavy (non-hydrogen) atoms. The molecule has 6 aromatic rings. The molecular formula is C64H78N4O7S3. The zero-order valence-corrected chi connectivity index (χ0v) is 48.7. The van der Waals surface area contributed by atoms with Crippen molar-refractivity contribution < 1.29 is 29.3 Å². The van der Waals surface area contributed by atoms with Crippen molar-refractivity contribution in [1.29, 1.82) is 5.26 Å². The fourth-order valence-electron chi connectivity index (χ4n) is 10.6. The summed E-state index contributed by atoms with van der Waals surface area (Å²) in [6.45, 7) is 11.5. The van der Waals surface area contributed by atoms with E-state index in [4.69, 9.17) is 4.74 Å². The fourth-order valence-corrected chi connectivity index (χ4v) is 14.5. The van der Waals surface area contributed by atoms with Gasteiger partial charge in [0.05, 0.1) is 0 Å². The fraction of sp³-hybridized carbons (Fsp3) is 0.453. The Morgan fingerprint density at radius 1 is 0.654 bits per heavy atom. The van der Waals surface area contributed by atoms with Gasteiger partial charge in [0.2, 0.25) is 0 Å². The molecule has 2 N–H and O–H groups in total. The molecule has 0 atom stereocenters. The number of carbonyl (C=O) groups is 3. The van der Waals surface area contributed by atoms with Gasteiger partial charge in [-0.05, 0) is 134 Å². The van der Waals surface area contributed by atoms with Gasteiger partial charge in [0.15, 0.2) is 5.57 Å². The van der Waals surface area contributed by atoms with Crippen LogP contribution in [0.3, 0.4) is 0 Å². The molecule has 0 unspecified atom stereocenters. The zero-order chi connectivity index (χ0) is 55.6. The number of aromatic nitrogens is 2. The van der Waals surface area contributed by atoms with E-state index in [0.717, 1.165) is 121 Å². The number of rotatable bonds is 31. The Labute approximate surface area is 472 Å². The number of aliphatic carboxylic acids is 2. The normalized spacial score (nSPS) is 12.8. The van der Waals surface area contributed by atoms with Crippen molar-refractivity contribution in [3.05, 3.63) is 127 Å². The number of aryl methyl sites for hydroxylation is 5. The van der Waals surface area contributed by atoms with Crippen LogP contribution in [-0.2, 0) is 64.3 Å². The largest absolute Gasteiger partial charge is 0.480 e. The molecule has 0 aliphatic carbocycles. The standard InChI is InChI=1S/C64H78N4O7S3/c1-6-11-15-19-26-46-37-56(76-55(46)40-53-63(73)68(43-59(71)72)62(67(53)42-58(69)70)50(41-65)64(74)75-35-10-5)60-49(28-21-17-13-8-3)39-57(78-60)61-48(27-20-16-12-7-2)38-54(77-61)47-32-33-52-45(36-47)31-30-44-25-22-23-29-51(44)66(52)34-24-18-14-9-4/h10,22-23,25,29,32-33,36-40H,5-9,11-21,24,26-28,30-31,34-35,42-43H2,1-4H3,(H,69,70)(H,71,72). The minimum absolute atomic E-state index is 0.145. The number of carboxylic acids is 2. The van der Waals surface area contributed by atoms with E-state index in [2.05, 4.69) is 99.8 Å². The first kappa shape index (κ1) is 59.4. The zero-order valence-electron chi connectivity index (χ0n) is 46.3. The van der Waals surface area contributed by atoms with E-state index in [1.54, 1.807) is 12.1 Å². The van der Waals surface area contributed by atoms with Crippen molar-refractivity contribution in [1.82, 2.24) is 9.13 Å². The first-order chi connectivity index (χ1) is 37.9. The second-order valence-electron chi connectivity index (χ2n) is 20.5. The summed E-state index contributed by atoms with van der Waals surface area (Å²) in [5.41, 5.74) is 8.39. The number of para-hydroxylation sites is 1. The summed E-state index contributed by atoms with van der Waals surface area (Å²) >= 11 is 5.25. The molecule has 14 heteroatoms. The van der Waals surface area contributed by atoms with Gasteiger partial charge >= 0.3 is 17.9 Å². The number of thiophene rings is 3. The van der Waals surface area contributed by atoms with Crippen LogP contribution in [0.15, 0.2) is 78.1 Å². The van der Waals surface area contributed by atoms with Gasteiger partial charge in [-0.1, -0.05) is 142 Å². The number of anilines is 2. The molecule has 0 spiro atoms. The van der Waals surface area contributed by atoms with Crippen LogP contribution in [0, 0.1) is 11.3 Å². The molecule has 0 saturated carbocycles. The third kappa shape index (κ3) is 14.9. The van der Waals surface area contributed by atoms with Crippen LogP contribution in [0.5, 0.6) is 0 Å². The summed E-state index contributed by atoms with van der Waals surface area (Å²) in [4.78, 5) is 61.9. The maximum atomic E-state index is 14.5. The Balaban J connectivity index is 1.38. The van der Waals surface area contributed by atoms with Crippen molar-refractivity contribution in [2.75, 3.05) is 18.1 Å². The number of imidazole rings is 1. The van der Waals surface area contributed by atoms with Crippen molar-refractivity contribution in [2.45, 2.75) is 176 Å². The number of unbranched alkanes of at least 4 members (excludes halogenated alkanes) is 12. The average Bonchev–Trinajstić information content (AvgIpc) is 4.22. The molecule has 0 amide bonds. The molecule has 1 aliphatic heterocycles. The Bertz CT molecular complexity index is 3270. The number of nitriles is 1. The van der Waals surface area contributed by atoms with E-state index in [0.29, 0.717) is 6.42 Å². The highest BCUT2D eigenvalue weighted by Crippen LogP contribution is 2.48. The predicted octanol–water partition coefficient (Wildman–Crippen LogP) is 14.4. The maximum Gasteiger partial charge on any atom is 0.353 e. The van der Waals surface area contributed by atoms with Crippen LogP contribution in [0.1, 0.15) is 163 Å². The van der Waals surface area contributed by atoms with Gasteiger partial charge < -0.3 is 24.4 Å². The lowest BCUT2D eigenvalue weighted by molar-refractivity contribution is -0.138. The summed E-state index contributed by atoms with van der Waals surface area (Å²) in [6, 6.07) is 25.0. The highest BCUT2D eigenvalue weighted by atomic mass is 32.1. The number of ether oxygens (including phenoxy) is 1. The highest BCUT2D eigenvalue weighted by molar-refractivity contribution is 7.27. The first-order valence-corrected chi connectivity index (χ1v) is 30.9. The maximum absolute atomic E-state index is 14.5. The summed E-state index contributed by atoms with van der Waals surface area (Å²) in [6.07, 6.45) is 25.5. The number of hydrogen-bond donors (Lipinski definition) is 2. The highest BCUT2D eigenvalue weighted by Gasteiger charge is 2.26. The van der Waals surface area contributed by atoms with E-state index in [9.17, 15) is 34.7 Å². The number of carbonyl (C=O) groups excluding carboxylic acids is 1. The number of benzene rings is 2. The molecule has 5 heterocycles. The van der Waals surface area contributed by atoms with E-state index >= 15 is 0 Å². The van der Waals surface area contributed by atoms with Crippen LogP contribution in [0.25, 0.3) is 41.6 Å². The van der Waals surface area contributed by atoms with E-state index in [1.807, 2.05) is 22.7 Å². The number of fused-ring (bicyclic) bond motifs is 2. The number of esters is 1. The van der Waals surface area contributed by atoms with Gasteiger partial charge in [-0.15, -0.1) is 34.0 Å². The number of nitrogens with zero attached hydrogens (tertiary/aromatic N) is 4. The molecule has 0 fully saturated rings. The molecule has 1 aliphatic rings. The molecule has 0 saturated heterocycles. The molecule has 2 aromatic carbocycles. The van der Waals surface area contributed by atoms with Crippen LogP contribution >= 0.6 is 34.0 Å². The molecule has 4 aromatic heterocycles. The lowest BCUT2D eigenvalue weighted by Crippen LogP contribution is -2.37. The average molecular weight is 1110 g/mol. The lowest BCUT2D eigenvalue weighted by Gasteiger charge is -2.27. The van der Waals surface area contributed by atoms with Gasteiger partial charge in [0.1, 0.15) is 36.6 Å². The van der Waals surface area contributed by atoms with Crippen LogP contribution in [-0.4, -0.2) is 50.4 Å². The minimum Gasteiger partial charge on any atom is -0.480 e. The Morgan fingerprint density at radius 3 is 1.81 bits per heavy atom. The second-order valence-corrected chi connectivity index (χ2v) is 23.7. The van der Waals surface area contributed by atoms with Crippen molar-refractivity contribution in [3.63, 3.8) is 0 Å². The summed E-state index contributed by atoms with van der Waals surface area (Å²) in [5, 5.41) is 30.4. The number of hydrogen-bond acceptors (Lipinski definition) is 10. The molecule has 0 radical (unpaired) electrons. The molecule has 414 valence electrons. The van der Waals surface area contributed by atoms with Crippen LogP contribution in [0.2, 0.25) is 0 Å². The Morgan fingerprint density at radius 2 is 1.19 bits per heavy atom. The monoisotopic (exact) mass is 1110 g/mol. The Hall–Kier alpha value is -6.27. The quantitative estimate of drug-likeness (QED) is 0.0246. The third-order valence-corrected chi connectivity index (χ3v) is 18.5. The molecule has 7 rings (SSSR count). The van der Waals surface area contributed by atoms with Gasteiger partial charge in [-0.3, -0.25) is 19.0 Å². The van der Waals surface area contributed by atoms with E-state index in [-0.39, 0.29) is 12.0 Å². The van der Waals surface area contributed by atoms with E-state index in [1.165, 1.54) is 115 Å². The Kier molecular flexibility index (Phi) is 22.6. The predicted molar refractivity (Wildman–Crippen MR) is 322 cm³/mol. The topological polar surface area (TPSA) is 155 Å². The van der Waals surface area contributed by atoms with Gasteiger partial charge in [-0.25, -0.2) is 4.79 Å². The van der Waals surface area contributed by atoms with Crippen molar-refractivity contribution >= 4 is 74.9 Å². The summed E-state index contributed by atoms with van der Waals surface area (Å²) < 4.78 is 7.02. The van der Waals surface area contributed by atoms with Gasteiger partial charge in [0, 0.05) is 47.2 Å². The first-order valence-electron chi connectivity index (χ1n) is 28.5. The summed E-state index contributed by atoms with van der Waals surface area (Å²) in [7, 11) is 0. The second kappa shape index (κ2) is 29.6. The van der Waals surface area contributed by atoms with Crippen LogP contribution in [0.4, 0.5) is 11.4 Å². The van der Waals surface area contributed by atoms with Gasteiger partial charge in [-0.2, -0.15) is 5.26 Å². The smallest absolute Gasteiger partial charge is 0.353 e. The SMILES string of the molecule is C=CCOC(=O)C(C#N)=c1n(CC(=O)O)c(=O)c(=Cc2sc(-c3sc(-c4sc(-c5ccc6c(c5)CCc5ccccc5N6CCCCCC)cc4CCCCCC)cc3CCCCCC)cc2CCCCCC)n1CC(=O)O. The van der Waals surface area contributed by atoms with Crippen molar-refractivity contribution in [2.24, 2.45) is 0 Å². The van der Waals surface area contributed by atoms with Crippen molar-refractivity contribution in [3.8, 4) is 36.0 Å². The van der Waals surface area contributed by atoms with Gasteiger partial charge in [0.25, 0.3) is 5.56 Å².